The van der Waals surface area contributed by atoms with Crippen molar-refractivity contribution in [2.45, 2.75) is 39.5 Å². The van der Waals surface area contributed by atoms with Gasteiger partial charge in [-0.1, -0.05) is 13.8 Å². The van der Waals surface area contributed by atoms with Gasteiger partial charge < -0.3 is 37.5 Å². The van der Waals surface area contributed by atoms with Crippen LogP contribution in [0.5, 0.6) is 46.0 Å². The molecule has 2 N–H and O–H groups in total. The molecule has 0 spiro atoms. The van der Waals surface area contributed by atoms with Crippen LogP contribution in [-0.4, -0.2) is 81.8 Å². The molecule has 0 aliphatic heterocycles. The second kappa shape index (κ2) is 15.1. The predicted octanol–water partition coefficient (Wildman–Crippen LogP) is 5.35. The Labute approximate surface area is 325 Å². The van der Waals surface area contributed by atoms with E-state index >= 15 is 0 Å². The topological polar surface area (TPSA) is 232 Å². The summed E-state index contributed by atoms with van der Waals surface area (Å²) < 4.78 is 59.2. The molecule has 0 saturated carbocycles. The summed E-state index contributed by atoms with van der Waals surface area (Å²) in [5.41, 5.74) is -4.96. The summed E-state index contributed by atoms with van der Waals surface area (Å²) in [7, 11) is -0.461. The maximum absolute atomic E-state index is 14.2. The zero-order valence-electron chi connectivity index (χ0n) is 31.3. The van der Waals surface area contributed by atoms with Gasteiger partial charge in [0, 0.05) is 48.2 Å². The number of phenols is 2. The second-order valence-electron chi connectivity index (χ2n) is 12.8. The van der Waals surface area contributed by atoms with Gasteiger partial charge in [0.15, 0.2) is 34.6 Å². The van der Waals surface area contributed by atoms with Crippen molar-refractivity contribution in [1.29, 1.82) is 0 Å². The summed E-state index contributed by atoms with van der Waals surface area (Å²) in [5, 5.41) is 22.3. The molecule has 0 atom stereocenters. The minimum Gasteiger partial charge on any atom is -0.507 e. The molecule has 0 aromatic heterocycles. The summed E-state index contributed by atoms with van der Waals surface area (Å²) >= 11 is 0. The number of hydrogen-bond donors (Lipinski definition) is 2. The average molecular weight is 803 g/mol. The Bertz CT molecular complexity index is 2410. The third kappa shape index (κ3) is 6.58. The average Bonchev–Trinajstić information content (AvgIpc) is 3.17. The maximum Gasteiger partial charge on any atom is 0.501 e. The van der Waals surface area contributed by atoms with Crippen LogP contribution in [-0.2, 0) is 10.4 Å². The molecule has 2 aliphatic rings. The number of aromatic hydroxyl groups is 2. The quantitative estimate of drug-likeness (QED) is 0.132. The highest BCUT2D eigenvalue weighted by molar-refractivity contribution is 7.82. The highest BCUT2D eigenvalue weighted by atomic mass is 32.3. The van der Waals surface area contributed by atoms with Crippen LogP contribution in [0.15, 0.2) is 36.4 Å². The van der Waals surface area contributed by atoms with Crippen molar-refractivity contribution in [3.05, 3.63) is 92.0 Å². The Kier molecular flexibility index (Phi) is 10.6. The summed E-state index contributed by atoms with van der Waals surface area (Å²) in [6.07, 6.45) is -0.150. The molecule has 0 saturated heterocycles. The van der Waals surface area contributed by atoms with Crippen LogP contribution in [0.25, 0.3) is 0 Å². The van der Waals surface area contributed by atoms with Gasteiger partial charge in [-0.25, -0.2) is 0 Å². The van der Waals surface area contributed by atoms with E-state index in [4.69, 9.17) is 27.3 Å². The van der Waals surface area contributed by atoms with Crippen LogP contribution in [0, 0.1) is 0 Å². The van der Waals surface area contributed by atoms with E-state index in [1.807, 2.05) is 0 Å². The summed E-state index contributed by atoms with van der Waals surface area (Å²) in [6, 6.07) is 6.39. The zero-order chi connectivity index (χ0) is 41.7. The lowest BCUT2D eigenvalue weighted by atomic mass is 9.79. The van der Waals surface area contributed by atoms with Gasteiger partial charge in [-0.05, 0) is 25.0 Å². The third-order valence-electron chi connectivity index (χ3n) is 9.35. The van der Waals surface area contributed by atoms with Crippen molar-refractivity contribution >= 4 is 45.1 Å². The van der Waals surface area contributed by atoms with Gasteiger partial charge in [0.05, 0.1) is 72.9 Å². The lowest BCUT2D eigenvalue weighted by molar-refractivity contribution is 0.0949. The first kappa shape index (κ1) is 39.9. The zero-order valence-corrected chi connectivity index (χ0v) is 32.1. The standard InChI is InChI=1S/C40H34O16S/c1-7-9-21(41)31-27(15-23(43)33-35(31)37(45)19-11-17(51-3)13-25(53-5)29(19)39(33)47)55-57(49,50)56-28-16-24(44)34-36(32(28)22(42)10-8-2)38(46)20-12-18(52-4)14-26(54-6)30(20)40(34)48/h11-16,43-44H,7-10H2,1-6H3. The molecular formula is C40H34O16S. The normalized spacial score (nSPS) is 12.9. The van der Waals surface area contributed by atoms with E-state index < -0.39 is 101 Å². The van der Waals surface area contributed by atoms with Crippen LogP contribution < -0.4 is 27.3 Å². The second-order valence-corrected chi connectivity index (χ2v) is 13.9. The first-order valence-electron chi connectivity index (χ1n) is 17.3. The number of Topliss-reactive ketones (excluding diaryl/α,β-unsaturated/α-hetero) is 2. The van der Waals surface area contributed by atoms with Gasteiger partial charge >= 0.3 is 10.4 Å². The smallest absolute Gasteiger partial charge is 0.501 e. The van der Waals surface area contributed by atoms with E-state index in [2.05, 4.69) is 0 Å². The molecule has 0 unspecified atom stereocenters. The Balaban J connectivity index is 1.52. The lowest BCUT2D eigenvalue weighted by Crippen LogP contribution is -2.28. The van der Waals surface area contributed by atoms with E-state index in [-0.39, 0.29) is 70.9 Å². The first-order chi connectivity index (χ1) is 27.1. The van der Waals surface area contributed by atoms with Crippen molar-refractivity contribution in [3.8, 4) is 46.0 Å². The fourth-order valence-electron chi connectivity index (χ4n) is 6.91. The first-order valence-corrected chi connectivity index (χ1v) is 18.6. The molecule has 6 rings (SSSR count). The van der Waals surface area contributed by atoms with E-state index in [9.17, 15) is 47.4 Å². The molecule has 0 amide bonds. The SMILES string of the molecule is CCCC(=O)c1c(OS(=O)(=O)Oc2cc(O)c3c(c2C(=O)CCC)C(=O)c2cc(OC)cc(OC)c2C3=O)cc(O)c2c1C(=O)c1cc(OC)cc(OC)c1C2=O. The van der Waals surface area contributed by atoms with Crippen LogP contribution in [0.2, 0.25) is 0 Å². The number of ether oxygens (including phenoxy) is 4. The number of carbonyl (C=O) groups excluding carboxylic acids is 6. The number of methoxy groups -OCH3 is 4. The van der Waals surface area contributed by atoms with Crippen molar-refractivity contribution in [2.75, 3.05) is 28.4 Å². The summed E-state index contributed by atoms with van der Waals surface area (Å²) in [4.78, 5) is 83.5. The maximum atomic E-state index is 14.2. The van der Waals surface area contributed by atoms with Crippen molar-refractivity contribution < 1.29 is 74.7 Å². The van der Waals surface area contributed by atoms with Crippen molar-refractivity contribution in [1.82, 2.24) is 0 Å². The van der Waals surface area contributed by atoms with E-state index in [0.29, 0.717) is 12.1 Å². The highest BCUT2D eigenvalue weighted by Gasteiger charge is 2.43. The van der Waals surface area contributed by atoms with Gasteiger partial charge in [0.25, 0.3) is 0 Å². The molecule has 0 bridgehead atoms. The molecule has 4 aromatic carbocycles. The summed E-state index contributed by atoms with van der Waals surface area (Å²) in [5.74, 6) is -9.16. The number of carbonyl (C=O) groups is 6. The minimum absolute atomic E-state index is 0.0749. The highest BCUT2D eigenvalue weighted by Crippen LogP contribution is 2.46. The van der Waals surface area contributed by atoms with E-state index in [1.165, 1.54) is 52.7 Å². The number of ketones is 6. The Hall–Kier alpha value is -6.75. The van der Waals surface area contributed by atoms with Crippen LogP contribution in [0.3, 0.4) is 0 Å². The number of fused-ring (bicyclic) bond motifs is 4. The molecule has 0 heterocycles. The Morgan fingerprint density at radius 2 is 0.877 bits per heavy atom. The molecule has 4 aromatic rings. The fourth-order valence-corrected chi connectivity index (χ4v) is 7.65. The molecule has 0 radical (unpaired) electrons. The number of benzene rings is 4. The third-order valence-corrected chi connectivity index (χ3v) is 10.1. The van der Waals surface area contributed by atoms with Crippen molar-refractivity contribution in [3.63, 3.8) is 0 Å². The Morgan fingerprint density at radius 1 is 0.509 bits per heavy atom. The van der Waals surface area contributed by atoms with Gasteiger partial charge in [-0.2, -0.15) is 0 Å². The number of rotatable bonds is 14. The van der Waals surface area contributed by atoms with Crippen LogP contribution in [0.1, 0.15) is 124 Å². The van der Waals surface area contributed by atoms with Gasteiger partial charge in [-0.3, -0.25) is 28.8 Å². The van der Waals surface area contributed by atoms with Gasteiger partial charge in [-0.15, -0.1) is 8.42 Å². The molecule has 16 nitrogen and oxygen atoms in total. The monoisotopic (exact) mass is 802 g/mol. The van der Waals surface area contributed by atoms with Crippen LogP contribution >= 0.6 is 0 Å². The van der Waals surface area contributed by atoms with Gasteiger partial charge in [0.2, 0.25) is 11.6 Å². The Morgan fingerprint density at radius 3 is 1.19 bits per heavy atom. The molecule has 57 heavy (non-hydrogen) atoms. The number of phenolic OH excluding ortho intramolecular Hbond substituents is 2. The lowest BCUT2D eigenvalue weighted by Gasteiger charge is -2.25. The summed E-state index contributed by atoms with van der Waals surface area (Å²) in [6.45, 7) is 3.24. The van der Waals surface area contributed by atoms with Gasteiger partial charge in [0.1, 0.15) is 34.5 Å². The van der Waals surface area contributed by atoms with E-state index in [0.717, 1.165) is 0 Å². The molecular weight excluding hydrogens is 768 g/mol. The fraction of sp³-hybridized carbons (Fsp3) is 0.250. The minimum atomic E-state index is -5.54. The molecule has 17 heteroatoms. The van der Waals surface area contributed by atoms with Crippen LogP contribution in [0.4, 0.5) is 0 Å². The largest absolute Gasteiger partial charge is 0.507 e. The molecule has 296 valence electrons. The molecule has 2 aliphatic carbocycles. The van der Waals surface area contributed by atoms with E-state index in [1.54, 1.807) is 13.8 Å². The van der Waals surface area contributed by atoms with Crippen molar-refractivity contribution in [2.24, 2.45) is 0 Å². The number of hydrogen-bond acceptors (Lipinski definition) is 16. The predicted molar refractivity (Wildman–Crippen MR) is 198 cm³/mol. The molecule has 0 fully saturated rings.